The Hall–Kier alpha value is -0.860. The van der Waals surface area contributed by atoms with Crippen LogP contribution in [-0.2, 0) is 11.2 Å². The van der Waals surface area contributed by atoms with Crippen LogP contribution in [0.5, 0.6) is 0 Å². The van der Waals surface area contributed by atoms with Gasteiger partial charge >= 0.3 is 0 Å². The minimum absolute atomic E-state index is 0.508. The first kappa shape index (κ1) is 13.1. The summed E-state index contributed by atoms with van der Waals surface area (Å²) < 4.78 is 6.01. The smallest absolute Gasteiger partial charge is 0.0623 e. The molecular weight excluding hydrogens is 234 g/mol. The average Bonchev–Trinajstić information content (AvgIpc) is 2.96. The van der Waals surface area contributed by atoms with Gasteiger partial charge in [-0.25, -0.2) is 0 Å². The second-order valence-electron chi connectivity index (χ2n) is 6.37. The fraction of sp³-hybridized carbons (Fsp3) is 0.647. The van der Waals surface area contributed by atoms with Crippen LogP contribution < -0.4 is 5.32 Å². The van der Waals surface area contributed by atoms with Crippen LogP contribution in [0.1, 0.15) is 36.0 Å². The third-order valence-electron chi connectivity index (χ3n) is 4.78. The second-order valence-corrected chi connectivity index (χ2v) is 6.37. The fourth-order valence-corrected chi connectivity index (χ4v) is 4.01. The maximum Gasteiger partial charge on any atom is 0.0623 e. The van der Waals surface area contributed by atoms with Crippen LogP contribution in [0.15, 0.2) is 18.2 Å². The van der Waals surface area contributed by atoms with Gasteiger partial charge in [0.05, 0.1) is 12.2 Å². The predicted molar refractivity (Wildman–Crippen MR) is 78.5 cm³/mol. The van der Waals surface area contributed by atoms with Crippen molar-refractivity contribution in [2.75, 3.05) is 7.05 Å². The summed E-state index contributed by atoms with van der Waals surface area (Å²) in [5, 5.41) is 3.54. The molecule has 0 radical (unpaired) electrons. The molecule has 19 heavy (non-hydrogen) atoms. The molecular formula is C17H25NO. The summed E-state index contributed by atoms with van der Waals surface area (Å²) in [6.45, 7) is 4.37. The number of fused-ring (bicyclic) bond motifs is 2. The Morgan fingerprint density at radius 3 is 2.47 bits per heavy atom. The van der Waals surface area contributed by atoms with E-state index in [2.05, 4.69) is 44.4 Å². The highest BCUT2D eigenvalue weighted by Crippen LogP contribution is 2.41. The van der Waals surface area contributed by atoms with Gasteiger partial charge in [-0.3, -0.25) is 0 Å². The maximum atomic E-state index is 6.01. The van der Waals surface area contributed by atoms with E-state index < -0.39 is 0 Å². The minimum atomic E-state index is 0.508. The first-order valence-electron chi connectivity index (χ1n) is 7.55. The molecule has 1 N–H and O–H groups in total. The highest BCUT2D eigenvalue weighted by atomic mass is 16.5. The van der Waals surface area contributed by atoms with Gasteiger partial charge in [0.2, 0.25) is 0 Å². The van der Waals surface area contributed by atoms with Gasteiger partial charge in [0.1, 0.15) is 0 Å². The molecule has 2 aliphatic rings. The quantitative estimate of drug-likeness (QED) is 0.897. The van der Waals surface area contributed by atoms with Crippen molar-refractivity contribution in [3.8, 4) is 0 Å². The van der Waals surface area contributed by atoms with Crippen molar-refractivity contribution < 1.29 is 4.74 Å². The van der Waals surface area contributed by atoms with Gasteiger partial charge in [0, 0.05) is 12.0 Å². The Labute approximate surface area is 116 Å². The Morgan fingerprint density at radius 1 is 1.21 bits per heavy atom. The van der Waals surface area contributed by atoms with Crippen molar-refractivity contribution in [3.05, 3.63) is 34.9 Å². The van der Waals surface area contributed by atoms with Gasteiger partial charge in [-0.1, -0.05) is 29.3 Å². The summed E-state index contributed by atoms with van der Waals surface area (Å²) in [5.41, 5.74) is 4.20. The van der Waals surface area contributed by atoms with Gasteiger partial charge in [-0.15, -0.1) is 0 Å². The number of nitrogens with one attached hydrogen (secondary N) is 1. The van der Waals surface area contributed by atoms with Crippen molar-refractivity contribution in [1.29, 1.82) is 0 Å². The molecule has 0 amide bonds. The monoisotopic (exact) mass is 259 g/mol. The van der Waals surface area contributed by atoms with Crippen molar-refractivity contribution in [2.45, 2.75) is 57.8 Å². The van der Waals surface area contributed by atoms with Crippen molar-refractivity contribution in [1.82, 2.24) is 5.32 Å². The molecule has 3 rings (SSSR count). The van der Waals surface area contributed by atoms with Crippen molar-refractivity contribution in [2.24, 2.45) is 5.92 Å². The zero-order valence-electron chi connectivity index (χ0n) is 12.3. The molecule has 0 aliphatic carbocycles. The van der Waals surface area contributed by atoms with E-state index in [1.807, 2.05) is 0 Å². The topological polar surface area (TPSA) is 21.3 Å². The van der Waals surface area contributed by atoms with E-state index in [-0.39, 0.29) is 0 Å². The Morgan fingerprint density at radius 2 is 1.95 bits per heavy atom. The van der Waals surface area contributed by atoms with E-state index in [1.54, 1.807) is 0 Å². The van der Waals surface area contributed by atoms with E-state index in [9.17, 15) is 0 Å². The van der Waals surface area contributed by atoms with E-state index in [4.69, 9.17) is 4.74 Å². The third-order valence-corrected chi connectivity index (χ3v) is 4.78. The van der Waals surface area contributed by atoms with Crippen molar-refractivity contribution in [3.63, 3.8) is 0 Å². The molecule has 0 saturated carbocycles. The lowest BCUT2D eigenvalue weighted by atomic mass is 9.81. The number of benzene rings is 1. The summed E-state index contributed by atoms with van der Waals surface area (Å²) in [7, 11) is 2.10. The number of hydrogen-bond donors (Lipinski definition) is 1. The molecule has 2 fully saturated rings. The normalized spacial score (nSPS) is 30.8. The average molecular weight is 259 g/mol. The third kappa shape index (κ3) is 2.70. The molecule has 2 nitrogen and oxygen atoms in total. The SMILES string of the molecule is CNC(Cc1cc(C)cc(C)c1)C1CC2CCC1O2. The first-order chi connectivity index (χ1) is 9.15. The molecule has 2 bridgehead atoms. The molecule has 2 aliphatic heterocycles. The van der Waals surface area contributed by atoms with Crippen LogP contribution in [0, 0.1) is 19.8 Å². The lowest BCUT2D eigenvalue weighted by molar-refractivity contribution is 0.0863. The minimum Gasteiger partial charge on any atom is -0.375 e. The second kappa shape index (κ2) is 5.26. The molecule has 4 atom stereocenters. The largest absolute Gasteiger partial charge is 0.375 e. The Balaban J connectivity index is 1.72. The van der Waals surface area contributed by atoms with Gasteiger partial charge in [-0.05, 0) is 52.1 Å². The number of rotatable bonds is 4. The number of likely N-dealkylation sites (N-methyl/N-ethyl adjacent to an activating group) is 1. The lowest BCUT2D eigenvalue weighted by Gasteiger charge is -2.28. The van der Waals surface area contributed by atoms with Gasteiger partial charge in [0.15, 0.2) is 0 Å². The Bertz CT molecular complexity index is 436. The zero-order valence-corrected chi connectivity index (χ0v) is 12.3. The summed E-state index contributed by atoms with van der Waals surface area (Å²) >= 11 is 0. The van der Waals surface area contributed by atoms with Crippen LogP contribution in [0.25, 0.3) is 0 Å². The highest BCUT2D eigenvalue weighted by Gasteiger charge is 2.43. The van der Waals surface area contributed by atoms with Gasteiger partial charge in [0.25, 0.3) is 0 Å². The summed E-state index contributed by atoms with van der Waals surface area (Å²) in [6, 6.07) is 7.45. The fourth-order valence-electron chi connectivity index (χ4n) is 4.01. The van der Waals surface area contributed by atoms with E-state index in [0.29, 0.717) is 24.2 Å². The van der Waals surface area contributed by atoms with Crippen LogP contribution in [0.4, 0.5) is 0 Å². The van der Waals surface area contributed by atoms with Crippen LogP contribution >= 0.6 is 0 Å². The predicted octanol–water partition coefficient (Wildman–Crippen LogP) is 3.00. The van der Waals surface area contributed by atoms with Crippen LogP contribution in [-0.4, -0.2) is 25.3 Å². The molecule has 104 valence electrons. The standard InChI is InChI=1S/C17H25NO/c1-11-6-12(2)8-13(7-11)9-16(18-3)15-10-14-4-5-17(15)19-14/h6-8,14-18H,4-5,9-10H2,1-3H3. The number of ether oxygens (including phenoxy) is 1. The molecule has 2 saturated heterocycles. The molecule has 4 unspecified atom stereocenters. The van der Waals surface area contributed by atoms with Crippen LogP contribution in [0.3, 0.4) is 0 Å². The summed E-state index contributed by atoms with van der Waals surface area (Å²) in [4.78, 5) is 0. The lowest BCUT2D eigenvalue weighted by Crippen LogP contribution is -2.40. The Kier molecular flexibility index (Phi) is 3.64. The van der Waals surface area contributed by atoms with E-state index in [0.717, 1.165) is 6.42 Å². The number of hydrogen-bond acceptors (Lipinski definition) is 2. The zero-order chi connectivity index (χ0) is 13.4. The van der Waals surface area contributed by atoms with E-state index in [1.165, 1.54) is 36.0 Å². The molecule has 0 spiro atoms. The van der Waals surface area contributed by atoms with Gasteiger partial charge in [-0.2, -0.15) is 0 Å². The molecule has 2 heterocycles. The van der Waals surface area contributed by atoms with E-state index >= 15 is 0 Å². The van der Waals surface area contributed by atoms with Crippen molar-refractivity contribution >= 4 is 0 Å². The molecule has 0 aromatic heterocycles. The first-order valence-corrected chi connectivity index (χ1v) is 7.55. The van der Waals surface area contributed by atoms with Crippen LogP contribution in [0.2, 0.25) is 0 Å². The van der Waals surface area contributed by atoms with Gasteiger partial charge < -0.3 is 10.1 Å². The summed E-state index contributed by atoms with van der Waals surface area (Å²) in [5.74, 6) is 0.699. The summed E-state index contributed by atoms with van der Waals surface area (Å²) in [6.07, 6.45) is 5.97. The number of aryl methyl sites for hydroxylation is 2. The molecule has 1 aromatic carbocycles. The maximum absolute atomic E-state index is 6.01. The molecule has 2 heteroatoms. The highest BCUT2D eigenvalue weighted by molar-refractivity contribution is 5.29. The molecule has 1 aromatic rings.